The molecule has 2 unspecified atom stereocenters. The van der Waals surface area contributed by atoms with Gasteiger partial charge >= 0.3 is 0 Å². The Hall–Kier alpha value is -0.570. The van der Waals surface area contributed by atoms with Gasteiger partial charge in [-0.2, -0.15) is 0 Å². The van der Waals surface area contributed by atoms with E-state index in [4.69, 9.17) is 16.3 Å². The minimum absolute atomic E-state index is 0.0882. The molecule has 1 heterocycles. The van der Waals surface area contributed by atoms with Crippen molar-refractivity contribution in [3.8, 4) is 0 Å². The van der Waals surface area contributed by atoms with E-state index in [1.807, 2.05) is 24.3 Å². The van der Waals surface area contributed by atoms with Crippen LogP contribution in [0.4, 0.5) is 0 Å². The molecule has 0 radical (unpaired) electrons. The molecule has 1 aromatic rings. The highest BCUT2D eigenvalue weighted by Crippen LogP contribution is 2.45. The normalized spacial score (nSPS) is 26.2. The maximum atomic E-state index is 9.71. The first-order chi connectivity index (χ1) is 9.72. The Labute approximate surface area is 126 Å². The molecule has 0 bridgehead atoms. The summed E-state index contributed by atoms with van der Waals surface area (Å²) in [7, 11) is 0. The smallest absolute Gasteiger partial charge is 0.0687 e. The van der Waals surface area contributed by atoms with E-state index in [-0.39, 0.29) is 24.2 Å². The first kappa shape index (κ1) is 14.4. The van der Waals surface area contributed by atoms with E-state index in [9.17, 15) is 5.11 Å². The first-order valence-electron chi connectivity index (χ1n) is 7.75. The van der Waals surface area contributed by atoms with Crippen molar-refractivity contribution in [2.45, 2.75) is 62.6 Å². The summed E-state index contributed by atoms with van der Waals surface area (Å²) in [5, 5.41) is 10.5. The van der Waals surface area contributed by atoms with Gasteiger partial charge in [0.15, 0.2) is 0 Å². The van der Waals surface area contributed by atoms with Crippen LogP contribution in [0.2, 0.25) is 5.02 Å². The summed E-state index contributed by atoms with van der Waals surface area (Å²) >= 11 is 6.25. The summed E-state index contributed by atoms with van der Waals surface area (Å²) in [6, 6.07) is 7.83. The van der Waals surface area contributed by atoms with Crippen molar-refractivity contribution >= 4 is 11.6 Å². The monoisotopic (exact) mass is 294 g/mol. The van der Waals surface area contributed by atoms with Gasteiger partial charge in [-0.15, -0.1) is 0 Å². The van der Waals surface area contributed by atoms with Crippen molar-refractivity contribution in [1.82, 2.24) is 0 Å². The van der Waals surface area contributed by atoms with E-state index >= 15 is 0 Å². The van der Waals surface area contributed by atoms with Crippen molar-refractivity contribution in [3.05, 3.63) is 34.9 Å². The fourth-order valence-electron chi connectivity index (χ4n) is 3.87. The fraction of sp³-hybridized carbons (Fsp3) is 0.647. The van der Waals surface area contributed by atoms with Gasteiger partial charge < -0.3 is 9.84 Å². The lowest BCUT2D eigenvalue weighted by molar-refractivity contribution is -0.0427. The van der Waals surface area contributed by atoms with E-state index in [0.717, 1.165) is 23.4 Å². The van der Waals surface area contributed by atoms with Crippen LogP contribution in [-0.2, 0) is 4.74 Å². The third kappa shape index (κ3) is 2.88. The standard InChI is InChI=1S/C17H23ClO2/c18-16-6-2-1-5-15(16)13(12-19)11-14-7-10-17(20-14)8-3-4-9-17/h1-2,5-6,13-14,19H,3-4,7-12H2. The van der Waals surface area contributed by atoms with Gasteiger partial charge in [0, 0.05) is 10.9 Å². The summed E-state index contributed by atoms with van der Waals surface area (Å²) in [5.41, 5.74) is 1.22. The van der Waals surface area contributed by atoms with E-state index in [2.05, 4.69) is 0 Å². The Kier molecular flexibility index (Phi) is 4.34. The van der Waals surface area contributed by atoms with Crippen molar-refractivity contribution in [2.24, 2.45) is 0 Å². The molecule has 1 saturated carbocycles. The van der Waals surface area contributed by atoms with Gasteiger partial charge in [0.2, 0.25) is 0 Å². The maximum Gasteiger partial charge on any atom is 0.0687 e. The average Bonchev–Trinajstić information content (AvgIpc) is 3.08. The van der Waals surface area contributed by atoms with E-state index in [0.29, 0.717) is 0 Å². The molecule has 1 saturated heterocycles. The van der Waals surface area contributed by atoms with Crippen LogP contribution in [0, 0.1) is 0 Å². The Balaban J connectivity index is 1.66. The molecule has 2 fully saturated rings. The van der Waals surface area contributed by atoms with Gasteiger partial charge in [-0.05, 0) is 43.7 Å². The summed E-state index contributed by atoms with van der Waals surface area (Å²) < 4.78 is 6.35. The van der Waals surface area contributed by atoms with Crippen LogP contribution in [0.25, 0.3) is 0 Å². The highest BCUT2D eigenvalue weighted by Gasteiger charge is 2.42. The quantitative estimate of drug-likeness (QED) is 0.897. The lowest BCUT2D eigenvalue weighted by atomic mass is 9.92. The second-order valence-corrected chi connectivity index (χ2v) is 6.71. The number of ether oxygens (including phenoxy) is 1. The highest BCUT2D eigenvalue weighted by molar-refractivity contribution is 6.31. The molecule has 1 N–H and O–H groups in total. The van der Waals surface area contributed by atoms with Gasteiger partial charge in [0.05, 0.1) is 18.3 Å². The summed E-state index contributed by atoms with van der Waals surface area (Å²) in [6.45, 7) is 0.136. The number of hydrogen-bond acceptors (Lipinski definition) is 2. The van der Waals surface area contributed by atoms with E-state index in [1.165, 1.54) is 32.1 Å². The van der Waals surface area contributed by atoms with Crippen LogP contribution in [0.3, 0.4) is 0 Å². The molecule has 110 valence electrons. The Morgan fingerprint density at radius 1 is 1.25 bits per heavy atom. The highest BCUT2D eigenvalue weighted by atomic mass is 35.5. The van der Waals surface area contributed by atoms with E-state index in [1.54, 1.807) is 0 Å². The molecule has 1 aliphatic heterocycles. The lowest BCUT2D eigenvalue weighted by Gasteiger charge is -2.25. The first-order valence-corrected chi connectivity index (χ1v) is 8.13. The Morgan fingerprint density at radius 3 is 2.70 bits per heavy atom. The molecule has 1 aromatic carbocycles. The topological polar surface area (TPSA) is 29.5 Å². The SMILES string of the molecule is OCC(CC1CCC2(CCCC2)O1)c1ccccc1Cl. The zero-order valence-corrected chi connectivity index (χ0v) is 12.6. The van der Waals surface area contributed by atoms with Gasteiger partial charge in [0.1, 0.15) is 0 Å². The second-order valence-electron chi connectivity index (χ2n) is 6.31. The molecule has 2 nitrogen and oxygen atoms in total. The van der Waals surface area contributed by atoms with E-state index < -0.39 is 0 Å². The predicted molar refractivity (Wildman–Crippen MR) is 81.2 cm³/mol. The Bertz CT molecular complexity index is 454. The zero-order chi connectivity index (χ0) is 14.0. The zero-order valence-electron chi connectivity index (χ0n) is 11.9. The third-order valence-electron chi connectivity index (χ3n) is 4.97. The molecular formula is C17H23ClO2. The predicted octanol–water partition coefficient (Wildman–Crippen LogP) is 4.30. The molecule has 2 atom stereocenters. The molecule has 0 aromatic heterocycles. The van der Waals surface area contributed by atoms with Crippen LogP contribution in [-0.4, -0.2) is 23.4 Å². The van der Waals surface area contributed by atoms with Crippen LogP contribution in [0.5, 0.6) is 0 Å². The van der Waals surface area contributed by atoms with Gasteiger partial charge in [-0.25, -0.2) is 0 Å². The number of aliphatic hydroxyl groups is 1. The fourth-order valence-corrected chi connectivity index (χ4v) is 4.16. The molecular weight excluding hydrogens is 272 g/mol. The second kappa shape index (κ2) is 6.05. The third-order valence-corrected chi connectivity index (χ3v) is 5.31. The molecule has 3 rings (SSSR count). The van der Waals surface area contributed by atoms with Gasteiger partial charge in [-0.1, -0.05) is 42.6 Å². The minimum Gasteiger partial charge on any atom is -0.396 e. The van der Waals surface area contributed by atoms with Crippen LogP contribution < -0.4 is 0 Å². The van der Waals surface area contributed by atoms with Crippen LogP contribution in [0.15, 0.2) is 24.3 Å². The van der Waals surface area contributed by atoms with Crippen LogP contribution >= 0.6 is 11.6 Å². The number of benzene rings is 1. The molecule has 2 aliphatic rings. The molecule has 0 amide bonds. The molecule has 1 aliphatic carbocycles. The maximum absolute atomic E-state index is 9.71. The molecule has 3 heteroatoms. The van der Waals surface area contributed by atoms with Crippen molar-refractivity contribution < 1.29 is 9.84 Å². The van der Waals surface area contributed by atoms with Crippen molar-refractivity contribution in [3.63, 3.8) is 0 Å². The molecule has 20 heavy (non-hydrogen) atoms. The largest absolute Gasteiger partial charge is 0.396 e. The summed E-state index contributed by atoms with van der Waals surface area (Å²) in [5.74, 6) is 0.0882. The number of halogens is 1. The number of hydrogen-bond donors (Lipinski definition) is 1. The van der Waals surface area contributed by atoms with Crippen molar-refractivity contribution in [2.75, 3.05) is 6.61 Å². The minimum atomic E-state index is 0.0882. The average molecular weight is 295 g/mol. The van der Waals surface area contributed by atoms with Crippen LogP contribution in [0.1, 0.15) is 56.4 Å². The number of rotatable bonds is 4. The summed E-state index contributed by atoms with van der Waals surface area (Å²) in [4.78, 5) is 0. The summed E-state index contributed by atoms with van der Waals surface area (Å²) in [6.07, 6.45) is 8.53. The van der Waals surface area contributed by atoms with Crippen molar-refractivity contribution in [1.29, 1.82) is 0 Å². The molecule has 1 spiro atoms. The van der Waals surface area contributed by atoms with Gasteiger partial charge in [0.25, 0.3) is 0 Å². The Morgan fingerprint density at radius 2 is 2.00 bits per heavy atom. The van der Waals surface area contributed by atoms with Gasteiger partial charge in [-0.3, -0.25) is 0 Å². The lowest BCUT2D eigenvalue weighted by Crippen LogP contribution is -2.26. The number of aliphatic hydroxyl groups excluding tert-OH is 1.